The van der Waals surface area contributed by atoms with Crippen LogP contribution in [0.3, 0.4) is 0 Å². The van der Waals surface area contributed by atoms with E-state index in [-0.39, 0.29) is 22.5 Å². The molecule has 0 aliphatic rings. The van der Waals surface area contributed by atoms with Gasteiger partial charge in [0.25, 0.3) is 0 Å². The molecule has 0 heterocycles. The van der Waals surface area contributed by atoms with E-state index in [0.717, 1.165) is 50.7 Å². The lowest BCUT2D eigenvalue weighted by atomic mass is 9.51. The molecule has 0 N–H and O–H groups in total. The molecule has 0 radical (unpaired) electrons. The Bertz CT molecular complexity index is 643. The molecule has 0 bridgehead atoms. The molecule has 3 unspecified atom stereocenters. The van der Waals surface area contributed by atoms with Crippen LogP contribution in [0.15, 0.2) is 18.2 Å². The van der Waals surface area contributed by atoms with Gasteiger partial charge in [0.05, 0.1) is 11.1 Å². The van der Waals surface area contributed by atoms with E-state index in [4.69, 9.17) is 0 Å². The normalized spacial score (nSPS) is 18.0. The molecule has 30 heavy (non-hydrogen) atoms. The van der Waals surface area contributed by atoms with E-state index < -0.39 is 29.4 Å². The number of hydrogen-bond acceptors (Lipinski definition) is 0. The summed E-state index contributed by atoms with van der Waals surface area (Å²) >= 11 is 0. The molecule has 6 heteroatoms. The zero-order chi connectivity index (χ0) is 23.4. The van der Waals surface area contributed by atoms with Crippen molar-refractivity contribution in [2.75, 3.05) is 0 Å². The Morgan fingerprint density at radius 3 is 1.57 bits per heavy atom. The third-order valence-corrected chi connectivity index (χ3v) is 7.33. The van der Waals surface area contributed by atoms with Crippen molar-refractivity contribution in [3.63, 3.8) is 0 Å². The Labute approximate surface area is 177 Å². The topological polar surface area (TPSA) is 0 Å². The summed E-state index contributed by atoms with van der Waals surface area (Å²) in [5, 5.41) is 0. The maximum atomic E-state index is 13.4. The van der Waals surface area contributed by atoms with Crippen LogP contribution in [-0.4, -0.2) is 0 Å². The lowest BCUT2D eigenvalue weighted by Crippen LogP contribution is -2.43. The molecule has 0 saturated carbocycles. The number of halogens is 6. The average Bonchev–Trinajstić information content (AvgIpc) is 2.67. The van der Waals surface area contributed by atoms with E-state index in [2.05, 4.69) is 27.7 Å². The molecule has 174 valence electrons. The molecule has 0 amide bonds. The van der Waals surface area contributed by atoms with Gasteiger partial charge in [-0.05, 0) is 59.8 Å². The number of alkyl halides is 6. The van der Waals surface area contributed by atoms with Crippen molar-refractivity contribution in [3.05, 3.63) is 34.9 Å². The van der Waals surface area contributed by atoms with Gasteiger partial charge in [-0.15, -0.1) is 0 Å². The molecule has 3 atom stereocenters. The van der Waals surface area contributed by atoms with E-state index in [9.17, 15) is 26.3 Å². The van der Waals surface area contributed by atoms with Crippen LogP contribution in [0.1, 0.15) is 109 Å². The van der Waals surface area contributed by atoms with Gasteiger partial charge in [-0.3, -0.25) is 0 Å². The third kappa shape index (κ3) is 5.53. The van der Waals surface area contributed by atoms with E-state index in [1.54, 1.807) is 0 Å². The first kappa shape index (κ1) is 26.8. The summed E-state index contributed by atoms with van der Waals surface area (Å²) in [4.78, 5) is 0. The summed E-state index contributed by atoms with van der Waals surface area (Å²) in [6.45, 7) is 12.2. The predicted molar refractivity (Wildman–Crippen MR) is 110 cm³/mol. The maximum Gasteiger partial charge on any atom is 0.416 e. The number of rotatable bonds is 10. The average molecular weight is 439 g/mol. The van der Waals surface area contributed by atoms with Gasteiger partial charge in [-0.1, -0.05) is 67.2 Å². The fourth-order valence-electron chi connectivity index (χ4n) is 5.32. The number of hydrogen-bond donors (Lipinski definition) is 0. The monoisotopic (exact) mass is 438 g/mol. The van der Waals surface area contributed by atoms with Crippen molar-refractivity contribution >= 4 is 0 Å². The quantitative estimate of drug-likeness (QED) is 0.319. The molecular formula is C24H36F6. The predicted octanol–water partition coefficient (Wildman–Crippen LogP) is 9.63. The van der Waals surface area contributed by atoms with Gasteiger partial charge in [0.2, 0.25) is 0 Å². The third-order valence-electron chi connectivity index (χ3n) is 7.33. The van der Waals surface area contributed by atoms with Gasteiger partial charge in [-0.25, -0.2) is 0 Å². The Balaban J connectivity index is 3.75. The molecule has 1 rings (SSSR count). The lowest BCUT2D eigenvalue weighted by molar-refractivity contribution is -0.143. The number of unbranched alkanes of at least 4 members (excludes halogenated alkanes) is 1. The van der Waals surface area contributed by atoms with Crippen molar-refractivity contribution in [1.82, 2.24) is 0 Å². The molecule has 0 aliphatic carbocycles. The minimum Gasteiger partial charge on any atom is -0.166 e. The fraction of sp³-hybridized carbons (Fsp3) is 0.750. The summed E-state index contributed by atoms with van der Waals surface area (Å²) in [5.41, 5.74) is -2.90. The van der Waals surface area contributed by atoms with Crippen LogP contribution in [0.25, 0.3) is 0 Å². The van der Waals surface area contributed by atoms with Crippen LogP contribution >= 0.6 is 0 Å². The molecule has 0 nitrogen and oxygen atoms in total. The van der Waals surface area contributed by atoms with Crippen LogP contribution in [-0.2, 0) is 12.4 Å². The Morgan fingerprint density at radius 2 is 1.23 bits per heavy atom. The van der Waals surface area contributed by atoms with Gasteiger partial charge in [0, 0.05) is 0 Å². The second kappa shape index (κ2) is 9.95. The summed E-state index contributed by atoms with van der Waals surface area (Å²) in [6.07, 6.45) is -3.72. The molecule has 0 fully saturated rings. The summed E-state index contributed by atoms with van der Waals surface area (Å²) < 4.78 is 80.6. The van der Waals surface area contributed by atoms with E-state index in [0.29, 0.717) is 6.42 Å². The highest BCUT2D eigenvalue weighted by Gasteiger charge is 2.49. The minimum atomic E-state index is -4.83. The van der Waals surface area contributed by atoms with Crippen LogP contribution in [0.4, 0.5) is 26.3 Å². The highest BCUT2D eigenvalue weighted by Crippen LogP contribution is 2.59. The van der Waals surface area contributed by atoms with Crippen molar-refractivity contribution in [1.29, 1.82) is 0 Å². The van der Waals surface area contributed by atoms with Gasteiger partial charge in [-0.2, -0.15) is 26.3 Å². The van der Waals surface area contributed by atoms with E-state index >= 15 is 0 Å². The zero-order valence-electron chi connectivity index (χ0n) is 19.0. The molecule has 0 aromatic heterocycles. The molecule has 0 aliphatic heterocycles. The first-order chi connectivity index (χ1) is 13.7. The fourth-order valence-corrected chi connectivity index (χ4v) is 5.32. The van der Waals surface area contributed by atoms with Gasteiger partial charge >= 0.3 is 12.4 Å². The molecule has 1 aromatic carbocycles. The van der Waals surface area contributed by atoms with Crippen molar-refractivity contribution < 1.29 is 26.3 Å². The Morgan fingerprint density at radius 1 is 0.733 bits per heavy atom. The van der Waals surface area contributed by atoms with Crippen molar-refractivity contribution in [2.24, 2.45) is 10.8 Å². The van der Waals surface area contributed by atoms with Gasteiger partial charge in [0.1, 0.15) is 0 Å². The lowest BCUT2D eigenvalue weighted by Gasteiger charge is -2.53. The Kier molecular flexibility index (Phi) is 8.90. The maximum absolute atomic E-state index is 13.4. The van der Waals surface area contributed by atoms with Crippen LogP contribution in [0, 0.1) is 10.8 Å². The number of benzene rings is 1. The highest BCUT2D eigenvalue weighted by molar-refractivity contribution is 5.36. The molecular weight excluding hydrogens is 402 g/mol. The molecule has 0 saturated heterocycles. The summed E-state index contributed by atoms with van der Waals surface area (Å²) in [6, 6.07) is 2.08. The van der Waals surface area contributed by atoms with Gasteiger partial charge < -0.3 is 0 Å². The largest absolute Gasteiger partial charge is 0.416 e. The first-order valence-corrected chi connectivity index (χ1v) is 11.0. The molecule has 1 aromatic rings. The summed E-state index contributed by atoms with van der Waals surface area (Å²) in [5.74, 6) is -0.436. The SMILES string of the molecule is CCCCC(CC)(C(C)c1cc(C(F)(F)F)cc(C(F)(F)F)c1)C(C)(CC)CCC. The van der Waals surface area contributed by atoms with Crippen LogP contribution in [0.2, 0.25) is 0 Å². The van der Waals surface area contributed by atoms with E-state index in [1.165, 1.54) is 0 Å². The summed E-state index contributed by atoms with van der Waals surface area (Å²) in [7, 11) is 0. The standard InChI is InChI=1S/C24H36F6/c1-7-11-13-22(10-4,21(6,9-3)12-8-2)17(5)18-14-19(23(25,26)27)16-20(15-18)24(28,29)30/h14-17H,7-13H2,1-6H3. The second-order valence-electron chi connectivity index (χ2n) is 8.84. The van der Waals surface area contributed by atoms with Crippen molar-refractivity contribution in [3.8, 4) is 0 Å². The van der Waals surface area contributed by atoms with E-state index in [1.807, 2.05) is 13.8 Å². The zero-order valence-corrected chi connectivity index (χ0v) is 19.0. The first-order valence-electron chi connectivity index (χ1n) is 11.0. The highest BCUT2D eigenvalue weighted by atomic mass is 19.4. The van der Waals surface area contributed by atoms with Gasteiger partial charge in [0.15, 0.2) is 0 Å². The second-order valence-corrected chi connectivity index (χ2v) is 8.84. The molecule has 0 spiro atoms. The minimum absolute atomic E-state index is 0.130. The van der Waals surface area contributed by atoms with Crippen molar-refractivity contribution in [2.45, 2.75) is 105 Å². The van der Waals surface area contributed by atoms with Crippen LogP contribution in [0.5, 0.6) is 0 Å². The smallest absolute Gasteiger partial charge is 0.166 e. The Hall–Kier alpha value is -1.20. The van der Waals surface area contributed by atoms with Crippen LogP contribution < -0.4 is 0 Å².